The Morgan fingerprint density at radius 1 is 0.607 bits per heavy atom. The van der Waals surface area contributed by atoms with Gasteiger partial charge in [0.2, 0.25) is 0 Å². The number of imide groups is 2. The van der Waals surface area contributed by atoms with E-state index in [-0.39, 0.29) is 35.7 Å². The molecule has 2 fully saturated rings. The molecule has 2 heterocycles. The van der Waals surface area contributed by atoms with Crippen LogP contribution in [0.15, 0.2) is 24.3 Å². The van der Waals surface area contributed by atoms with Crippen molar-refractivity contribution in [2.75, 3.05) is 0 Å². The van der Waals surface area contributed by atoms with E-state index in [0.29, 0.717) is 23.7 Å². The molecule has 0 spiro atoms. The number of hydrogen-bond donors (Lipinski definition) is 0. The molecule has 6 nitrogen and oxygen atoms in total. The highest BCUT2D eigenvalue weighted by Gasteiger charge is 2.43. The molecule has 0 radical (unpaired) electrons. The van der Waals surface area contributed by atoms with E-state index in [9.17, 15) is 19.2 Å². The van der Waals surface area contributed by atoms with Gasteiger partial charge in [-0.05, 0) is 62.2 Å². The van der Waals surface area contributed by atoms with Crippen molar-refractivity contribution in [2.45, 2.75) is 64.5 Å². The minimum atomic E-state index is -0.178. The van der Waals surface area contributed by atoms with Crippen LogP contribution in [0.4, 0.5) is 0 Å². The monoisotopic (exact) mass is 384 g/mol. The van der Waals surface area contributed by atoms with Crippen LogP contribution < -0.4 is 0 Å². The van der Waals surface area contributed by atoms with Crippen molar-refractivity contribution in [3.8, 4) is 0 Å². The fourth-order valence-corrected chi connectivity index (χ4v) is 5.94. The van der Waals surface area contributed by atoms with Crippen molar-refractivity contribution in [1.29, 1.82) is 0 Å². The van der Waals surface area contributed by atoms with Gasteiger partial charge < -0.3 is 0 Å². The van der Waals surface area contributed by atoms with Crippen molar-refractivity contribution in [3.05, 3.63) is 24.3 Å². The summed E-state index contributed by atoms with van der Waals surface area (Å²) in [4.78, 5) is 51.0. The lowest BCUT2D eigenvalue weighted by molar-refractivity contribution is -0.144. The summed E-state index contributed by atoms with van der Waals surface area (Å²) in [5.41, 5.74) is 0. The fraction of sp³-hybridized carbons (Fsp3) is 0.636. The van der Waals surface area contributed by atoms with Crippen LogP contribution in [0.25, 0.3) is 0 Å². The Labute approximate surface area is 165 Å². The van der Waals surface area contributed by atoms with Gasteiger partial charge in [0.05, 0.1) is 0 Å². The Morgan fingerprint density at radius 2 is 0.929 bits per heavy atom. The van der Waals surface area contributed by atoms with Crippen LogP contribution in [0.3, 0.4) is 0 Å². The number of hydrogen-bond acceptors (Lipinski definition) is 4. The largest absolute Gasteiger partial charge is 0.272 e. The second-order valence-electron chi connectivity index (χ2n) is 9.00. The van der Waals surface area contributed by atoms with Crippen molar-refractivity contribution < 1.29 is 19.2 Å². The first-order valence-electron chi connectivity index (χ1n) is 10.5. The van der Waals surface area contributed by atoms with Crippen LogP contribution in [0.1, 0.15) is 52.4 Å². The van der Waals surface area contributed by atoms with Gasteiger partial charge >= 0.3 is 0 Å². The standard InChI is InChI=1S/C22H28N2O4/c1-13-11-15(3-5-17(13)23-19(25)7-8-20(23)26)16-4-6-18(14(2)12-16)24-21(27)9-10-22(24)28/h7-10,13-18H,3-6,11-12H2,1-2H3. The van der Waals surface area contributed by atoms with Gasteiger partial charge in [-0.2, -0.15) is 0 Å². The molecule has 2 aliphatic heterocycles. The molecule has 2 saturated carbocycles. The van der Waals surface area contributed by atoms with E-state index in [0.717, 1.165) is 38.5 Å². The second-order valence-corrected chi connectivity index (χ2v) is 9.00. The van der Waals surface area contributed by atoms with Crippen LogP contribution in [0, 0.1) is 23.7 Å². The number of nitrogens with zero attached hydrogens (tertiary/aromatic N) is 2. The summed E-state index contributed by atoms with van der Waals surface area (Å²) >= 11 is 0. The predicted molar refractivity (Wildman–Crippen MR) is 103 cm³/mol. The summed E-state index contributed by atoms with van der Waals surface area (Å²) in [7, 11) is 0. The van der Waals surface area contributed by atoms with Gasteiger partial charge in [0.25, 0.3) is 23.6 Å². The first-order valence-corrected chi connectivity index (χ1v) is 10.5. The van der Waals surface area contributed by atoms with Gasteiger partial charge in [0.15, 0.2) is 0 Å². The maximum atomic E-state index is 12.0. The molecule has 2 aliphatic carbocycles. The van der Waals surface area contributed by atoms with E-state index >= 15 is 0 Å². The highest BCUT2D eigenvalue weighted by Crippen LogP contribution is 2.44. The van der Waals surface area contributed by atoms with Gasteiger partial charge in [-0.1, -0.05) is 13.8 Å². The number of amides is 4. The zero-order valence-electron chi connectivity index (χ0n) is 16.5. The first-order chi connectivity index (χ1) is 13.4. The normalized spacial score (nSPS) is 38.8. The Hall–Kier alpha value is -2.24. The first kappa shape index (κ1) is 19.1. The van der Waals surface area contributed by atoms with E-state index in [2.05, 4.69) is 13.8 Å². The molecule has 28 heavy (non-hydrogen) atoms. The molecule has 0 aromatic rings. The van der Waals surface area contributed by atoms with E-state index in [1.807, 2.05) is 0 Å². The molecular formula is C22H28N2O4. The topological polar surface area (TPSA) is 74.8 Å². The van der Waals surface area contributed by atoms with E-state index < -0.39 is 0 Å². The molecule has 6 atom stereocenters. The molecule has 4 rings (SSSR count). The van der Waals surface area contributed by atoms with Crippen molar-refractivity contribution in [1.82, 2.24) is 9.80 Å². The number of carbonyl (C=O) groups excluding carboxylic acids is 4. The smallest absolute Gasteiger partial charge is 0.253 e. The van der Waals surface area contributed by atoms with Gasteiger partial charge in [-0.25, -0.2) is 0 Å². The summed E-state index contributed by atoms with van der Waals surface area (Å²) in [5.74, 6) is 1.05. The van der Waals surface area contributed by atoms with Gasteiger partial charge in [0.1, 0.15) is 0 Å². The van der Waals surface area contributed by atoms with Crippen molar-refractivity contribution in [3.63, 3.8) is 0 Å². The third-order valence-electron chi connectivity index (χ3n) is 7.35. The third kappa shape index (κ3) is 3.23. The van der Waals surface area contributed by atoms with Crippen LogP contribution in [0.2, 0.25) is 0 Å². The second kappa shape index (κ2) is 7.30. The predicted octanol–water partition coefficient (Wildman–Crippen LogP) is 2.45. The molecule has 150 valence electrons. The third-order valence-corrected chi connectivity index (χ3v) is 7.35. The molecule has 0 bridgehead atoms. The SMILES string of the molecule is CC1CC(C2CCC(N3C(=O)C=CC3=O)C(C)C2)CCC1N1C(=O)C=CC1=O. The van der Waals surface area contributed by atoms with Gasteiger partial charge in [-0.15, -0.1) is 0 Å². The number of rotatable bonds is 3. The molecule has 0 saturated heterocycles. The van der Waals surface area contributed by atoms with Gasteiger partial charge in [-0.3, -0.25) is 29.0 Å². The van der Waals surface area contributed by atoms with E-state index in [4.69, 9.17) is 0 Å². The highest BCUT2D eigenvalue weighted by molar-refractivity contribution is 6.13. The van der Waals surface area contributed by atoms with Crippen molar-refractivity contribution >= 4 is 23.6 Å². The molecular weight excluding hydrogens is 356 g/mol. The molecule has 0 aromatic carbocycles. The Morgan fingerprint density at radius 3 is 1.21 bits per heavy atom. The summed E-state index contributed by atoms with van der Waals surface area (Å²) < 4.78 is 0. The van der Waals surface area contributed by atoms with Crippen LogP contribution >= 0.6 is 0 Å². The lowest BCUT2D eigenvalue weighted by atomic mass is 9.66. The summed E-state index contributed by atoms with van der Waals surface area (Å²) in [6.07, 6.45) is 11.3. The van der Waals surface area contributed by atoms with Gasteiger partial charge in [0, 0.05) is 36.4 Å². The fourth-order valence-electron chi connectivity index (χ4n) is 5.94. The quantitative estimate of drug-likeness (QED) is 0.701. The molecule has 6 heteroatoms. The number of carbonyl (C=O) groups is 4. The molecule has 6 unspecified atom stereocenters. The van der Waals surface area contributed by atoms with Crippen LogP contribution in [-0.4, -0.2) is 45.5 Å². The molecule has 0 N–H and O–H groups in total. The summed E-state index contributed by atoms with van der Waals surface area (Å²) in [6, 6.07) is 0.0110. The van der Waals surface area contributed by atoms with Crippen molar-refractivity contribution in [2.24, 2.45) is 23.7 Å². The Kier molecular flexibility index (Phi) is 4.98. The maximum Gasteiger partial charge on any atom is 0.253 e. The summed E-state index contributed by atoms with van der Waals surface area (Å²) in [5, 5.41) is 0. The van der Waals surface area contributed by atoms with E-state index in [1.54, 1.807) is 0 Å². The lowest BCUT2D eigenvalue weighted by Gasteiger charge is -2.45. The van der Waals surface area contributed by atoms with E-state index in [1.165, 1.54) is 34.1 Å². The zero-order valence-corrected chi connectivity index (χ0v) is 16.5. The average Bonchev–Trinajstić information content (AvgIpc) is 3.17. The lowest BCUT2D eigenvalue weighted by Crippen LogP contribution is -2.49. The Balaban J connectivity index is 1.36. The molecule has 4 amide bonds. The highest BCUT2D eigenvalue weighted by atomic mass is 16.2. The minimum Gasteiger partial charge on any atom is -0.272 e. The van der Waals surface area contributed by atoms with Crippen LogP contribution in [0.5, 0.6) is 0 Å². The average molecular weight is 384 g/mol. The maximum absolute atomic E-state index is 12.0. The Bertz CT molecular complexity index is 670. The molecule has 0 aromatic heterocycles. The van der Waals surface area contributed by atoms with Crippen LogP contribution in [-0.2, 0) is 19.2 Å². The molecule has 4 aliphatic rings. The zero-order chi connectivity index (χ0) is 20.0. The summed E-state index contributed by atoms with van der Waals surface area (Å²) in [6.45, 7) is 4.30. The minimum absolute atomic E-state index is 0.00549.